The van der Waals surface area contributed by atoms with Crippen LogP contribution in [0.1, 0.15) is 11.6 Å². The topological polar surface area (TPSA) is 87.4 Å². The predicted octanol–water partition coefficient (Wildman–Crippen LogP) is 3.27. The Kier molecular flexibility index (Phi) is 5.86. The van der Waals surface area contributed by atoms with E-state index in [9.17, 15) is 15.2 Å². The number of aliphatic hydroxyl groups is 1. The van der Waals surface area contributed by atoms with Crippen LogP contribution in [-0.2, 0) is 0 Å². The Labute approximate surface area is 143 Å². The van der Waals surface area contributed by atoms with Crippen molar-refractivity contribution < 1.29 is 10.0 Å². The maximum Gasteiger partial charge on any atom is 0.271 e. The van der Waals surface area contributed by atoms with Crippen LogP contribution in [-0.4, -0.2) is 21.7 Å². The number of nitrogens with one attached hydrogen (secondary N) is 2. The minimum atomic E-state index is -0.515. The highest BCUT2D eigenvalue weighted by Crippen LogP contribution is 2.26. The molecule has 1 atom stereocenters. The van der Waals surface area contributed by atoms with E-state index in [1.54, 1.807) is 0 Å². The zero-order valence-electron chi connectivity index (χ0n) is 11.9. The number of aliphatic hydroxyl groups excluding tert-OH is 1. The average molecular weight is 352 g/mol. The number of hydrogen-bond donors (Lipinski definition) is 3. The number of anilines is 1. The molecule has 0 radical (unpaired) electrons. The van der Waals surface area contributed by atoms with Crippen LogP contribution in [0.5, 0.6) is 0 Å². The quantitative estimate of drug-likeness (QED) is 0.435. The summed E-state index contributed by atoms with van der Waals surface area (Å²) in [6, 6.07) is 12.9. The molecule has 23 heavy (non-hydrogen) atoms. The van der Waals surface area contributed by atoms with Gasteiger partial charge in [0, 0.05) is 12.1 Å². The third kappa shape index (κ3) is 4.62. The molecule has 3 N–H and O–H groups in total. The molecule has 0 amide bonds. The predicted molar refractivity (Wildman–Crippen MR) is 93.7 cm³/mol. The lowest BCUT2D eigenvalue weighted by molar-refractivity contribution is -0.384. The van der Waals surface area contributed by atoms with Gasteiger partial charge in [-0.15, -0.1) is 0 Å². The minimum Gasteiger partial charge on any atom is -0.394 e. The highest BCUT2D eigenvalue weighted by molar-refractivity contribution is 7.80. The van der Waals surface area contributed by atoms with Crippen molar-refractivity contribution >= 4 is 40.3 Å². The molecule has 6 nitrogen and oxygen atoms in total. The van der Waals surface area contributed by atoms with Gasteiger partial charge in [0.05, 0.1) is 28.3 Å². The van der Waals surface area contributed by atoms with E-state index in [4.69, 9.17) is 23.8 Å². The van der Waals surface area contributed by atoms with Crippen molar-refractivity contribution in [3.63, 3.8) is 0 Å². The second kappa shape index (κ2) is 7.87. The Morgan fingerprint density at radius 2 is 2.00 bits per heavy atom. The van der Waals surface area contributed by atoms with E-state index in [0.717, 1.165) is 5.56 Å². The zero-order valence-corrected chi connectivity index (χ0v) is 13.5. The van der Waals surface area contributed by atoms with Gasteiger partial charge in [-0.3, -0.25) is 10.1 Å². The van der Waals surface area contributed by atoms with Crippen molar-refractivity contribution in [1.82, 2.24) is 5.32 Å². The van der Waals surface area contributed by atoms with Gasteiger partial charge in [0.15, 0.2) is 5.11 Å². The van der Waals surface area contributed by atoms with Gasteiger partial charge in [-0.1, -0.05) is 41.9 Å². The molecular formula is C15H14ClN3O3S. The van der Waals surface area contributed by atoms with Gasteiger partial charge in [0.25, 0.3) is 5.69 Å². The van der Waals surface area contributed by atoms with Crippen molar-refractivity contribution in [2.75, 3.05) is 11.9 Å². The van der Waals surface area contributed by atoms with Crippen molar-refractivity contribution in [2.24, 2.45) is 0 Å². The van der Waals surface area contributed by atoms with Crippen LogP contribution in [0.3, 0.4) is 0 Å². The molecule has 0 aliphatic carbocycles. The fraction of sp³-hybridized carbons (Fsp3) is 0.133. The van der Waals surface area contributed by atoms with Crippen LogP contribution in [0.25, 0.3) is 0 Å². The van der Waals surface area contributed by atoms with Crippen LogP contribution in [0.15, 0.2) is 48.5 Å². The number of benzene rings is 2. The Bertz CT molecular complexity index is 712. The standard InChI is InChI=1S/C15H14ClN3O3S/c16-12-7-6-11(19(21)22)8-13(12)17-15(23)18-14(9-20)10-4-2-1-3-5-10/h1-8,14,20H,9H2,(H2,17,18,23). The van der Waals surface area contributed by atoms with Gasteiger partial charge in [0.1, 0.15) is 0 Å². The van der Waals surface area contributed by atoms with Crippen LogP contribution in [0.4, 0.5) is 11.4 Å². The van der Waals surface area contributed by atoms with Crippen LogP contribution < -0.4 is 10.6 Å². The second-order valence-electron chi connectivity index (χ2n) is 4.67. The van der Waals surface area contributed by atoms with Crippen molar-refractivity contribution in [3.05, 3.63) is 69.2 Å². The van der Waals surface area contributed by atoms with Crippen LogP contribution in [0.2, 0.25) is 5.02 Å². The molecule has 0 saturated heterocycles. The molecule has 120 valence electrons. The lowest BCUT2D eigenvalue weighted by atomic mass is 10.1. The summed E-state index contributed by atoms with van der Waals surface area (Å²) in [5.41, 5.74) is 1.09. The third-order valence-corrected chi connectivity index (χ3v) is 3.65. The number of nitro benzene ring substituents is 1. The Morgan fingerprint density at radius 1 is 1.30 bits per heavy atom. The maximum atomic E-state index is 10.8. The molecule has 1 unspecified atom stereocenters. The lowest BCUT2D eigenvalue weighted by Crippen LogP contribution is -2.34. The van der Waals surface area contributed by atoms with E-state index >= 15 is 0 Å². The van der Waals surface area contributed by atoms with Gasteiger partial charge in [-0.25, -0.2) is 0 Å². The van der Waals surface area contributed by atoms with E-state index in [2.05, 4.69) is 10.6 Å². The number of nitrogens with zero attached hydrogens (tertiary/aromatic N) is 1. The van der Waals surface area contributed by atoms with Crippen molar-refractivity contribution in [3.8, 4) is 0 Å². The first-order chi connectivity index (χ1) is 11.0. The monoisotopic (exact) mass is 351 g/mol. The summed E-state index contributed by atoms with van der Waals surface area (Å²) in [5, 5.41) is 26.6. The second-order valence-corrected chi connectivity index (χ2v) is 5.48. The normalized spacial score (nSPS) is 11.6. The summed E-state index contributed by atoms with van der Waals surface area (Å²) in [6.07, 6.45) is 0. The molecular weight excluding hydrogens is 338 g/mol. The average Bonchev–Trinajstić information content (AvgIpc) is 2.55. The smallest absolute Gasteiger partial charge is 0.271 e. The van der Waals surface area contributed by atoms with E-state index in [1.807, 2.05) is 30.3 Å². The summed E-state index contributed by atoms with van der Waals surface area (Å²) in [5.74, 6) is 0. The van der Waals surface area contributed by atoms with Crippen LogP contribution in [0, 0.1) is 10.1 Å². The Morgan fingerprint density at radius 3 is 2.61 bits per heavy atom. The largest absolute Gasteiger partial charge is 0.394 e. The number of hydrogen-bond acceptors (Lipinski definition) is 4. The fourth-order valence-electron chi connectivity index (χ4n) is 1.96. The molecule has 2 aromatic rings. The highest BCUT2D eigenvalue weighted by atomic mass is 35.5. The van der Waals surface area contributed by atoms with Gasteiger partial charge < -0.3 is 15.7 Å². The van der Waals surface area contributed by atoms with E-state index in [0.29, 0.717) is 10.7 Å². The summed E-state index contributed by atoms with van der Waals surface area (Å²) >= 11 is 11.2. The minimum absolute atomic E-state index is 0.0959. The summed E-state index contributed by atoms with van der Waals surface area (Å²) < 4.78 is 0. The Balaban J connectivity index is 2.10. The summed E-state index contributed by atoms with van der Waals surface area (Å²) in [4.78, 5) is 10.3. The van der Waals surface area contributed by atoms with Crippen molar-refractivity contribution in [1.29, 1.82) is 0 Å². The van der Waals surface area contributed by atoms with Crippen LogP contribution >= 0.6 is 23.8 Å². The number of nitro groups is 1. The molecule has 0 saturated carbocycles. The lowest BCUT2D eigenvalue weighted by Gasteiger charge is -2.19. The molecule has 0 bridgehead atoms. The van der Waals surface area contributed by atoms with E-state index < -0.39 is 11.0 Å². The fourth-order valence-corrected chi connectivity index (χ4v) is 2.38. The molecule has 0 fully saturated rings. The van der Waals surface area contributed by atoms with Gasteiger partial charge in [0.2, 0.25) is 0 Å². The SMILES string of the molecule is O=[N+]([O-])c1ccc(Cl)c(NC(=S)NC(CO)c2ccccc2)c1. The van der Waals surface area contributed by atoms with E-state index in [-0.39, 0.29) is 17.4 Å². The maximum absolute atomic E-state index is 10.8. The first kappa shape index (κ1) is 17.1. The summed E-state index contributed by atoms with van der Waals surface area (Å²) in [6.45, 7) is -0.158. The first-order valence-corrected chi connectivity index (χ1v) is 7.47. The molecule has 0 aromatic heterocycles. The molecule has 0 aliphatic heterocycles. The molecule has 0 aliphatic rings. The van der Waals surface area contributed by atoms with E-state index in [1.165, 1.54) is 18.2 Å². The molecule has 8 heteroatoms. The van der Waals surface area contributed by atoms with Gasteiger partial charge in [-0.05, 0) is 23.8 Å². The number of thiocarbonyl (C=S) groups is 1. The van der Waals surface area contributed by atoms with Crippen molar-refractivity contribution in [2.45, 2.75) is 6.04 Å². The third-order valence-electron chi connectivity index (χ3n) is 3.10. The van der Waals surface area contributed by atoms with Gasteiger partial charge >= 0.3 is 0 Å². The number of rotatable bonds is 5. The molecule has 2 rings (SSSR count). The Hall–Kier alpha value is -2.22. The molecule has 0 spiro atoms. The zero-order chi connectivity index (χ0) is 16.8. The first-order valence-electron chi connectivity index (χ1n) is 6.68. The highest BCUT2D eigenvalue weighted by Gasteiger charge is 2.14. The summed E-state index contributed by atoms with van der Waals surface area (Å²) in [7, 11) is 0. The molecule has 2 aromatic carbocycles. The number of non-ortho nitro benzene ring substituents is 1. The molecule has 0 heterocycles. The number of halogens is 1. The van der Waals surface area contributed by atoms with Gasteiger partial charge in [-0.2, -0.15) is 0 Å².